The molecule has 1 saturated heterocycles. The van der Waals surface area contributed by atoms with E-state index in [1.54, 1.807) is 31.2 Å². The first-order valence-corrected chi connectivity index (χ1v) is 8.11. The molecule has 0 spiro atoms. The Balaban J connectivity index is 1.63. The molecule has 0 amide bonds. The molecule has 0 aliphatic carbocycles. The van der Waals surface area contributed by atoms with Crippen LogP contribution in [0.15, 0.2) is 36.5 Å². The average Bonchev–Trinajstić information content (AvgIpc) is 3.00. The van der Waals surface area contributed by atoms with Gasteiger partial charge in [-0.25, -0.2) is 0 Å². The molecule has 0 radical (unpaired) electrons. The predicted octanol–water partition coefficient (Wildman–Crippen LogP) is 3.48. The summed E-state index contributed by atoms with van der Waals surface area (Å²) >= 11 is 0. The summed E-state index contributed by atoms with van der Waals surface area (Å²) in [4.78, 5) is 19.8. The maximum absolute atomic E-state index is 11.0. The molecule has 1 aromatic heterocycles. The molecule has 134 valence electrons. The van der Waals surface area contributed by atoms with Crippen molar-refractivity contribution in [1.29, 1.82) is 0 Å². The first-order chi connectivity index (χ1) is 12.5. The van der Waals surface area contributed by atoms with Crippen molar-refractivity contribution in [3.05, 3.63) is 63.6 Å². The fraction of sp³-hybridized carbons (Fsp3) is 0.333. The molecule has 8 heteroatoms. The summed E-state index contributed by atoms with van der Waals surface area (Å²) < 4.78 is 11.6. The lowest BCUT2D eigenvalue weighted by molar-refractivity contribution is -0.385. The summed E-state index contributed by atoms with van der Waals surface area (Å²) in [6, 6.07) is 8.36. The number of rotatable bonds is 5. The highest BCUT2D eigenvalue weighted by molar-refractivity contribution is 5.56. The largest absolute Gasteiger partial charge is 0.487 e. The van der Waals surface area contributed by atoms with Crippen LogP contribution in [0.25, 0.3) is 4.85 Å². The van der Waals surface area contributed by atoms with E-state index in [9.17, 15) is 10.1 Å². The number of pyridine rings is 1. The highest BCUT2D eigenvalue weighted by atomic mass is 16.6. The van der Waals surface area contributed by atoms with Crippen LogP contribution in [0, 0.1) is 23.6 Å². The second-order valence-corrected chi connectivity index (χ2v) is 6.01. The zero-order chi connectivity index (χ0) is 18.7. The van der Waals surface area contributed by atoms with Gasteiger partial charge < -0.3 is 19.2 Å². The maximum Gasteiger partial charge on any atom is 0.272 e. The topological polar surface area (TPSA) is 82.1 Å². The van der Waals surface area contributed by atoms with Crippen LogP contribution in [-0.4, -0.2) is 35.4 Å². The van der Waals surface area contributed by atoms with E-state index in [-0.39, 0.29) is 22.9 Å². The lowest BCUT2D eigenvalue weighted by atomic mass is 10.1. The van der Waals surface area contributed by atoms with Gasteiger partial charge >= 0.3 is 0 Å². The molecular weight excluding hydrogens is 336 g/mol. The highest BCUT2D eigenvalue weighted by Crippen LogP contribution is 2.29. The van der Waals surface area contributed by atoms with Crippen molar-refractivity contribution in [2.45, 2.75) is 26.2 Å². The molecule has 0 saturated carbocycles. The zero-order valence-corrected chi connectivity index (χ0v) is 14.5. The van der Waals surface area contributed by atoms with Gasteiger partial charge in [0, 0.05) is 17.3 Å². The smallest absolute Gasteiger partial charge is 0.272 e. The molecule has 0 unspecified atom stereocenters. The zero-order valence-electron chi connectivity index (χ0n) is 14.5. The van der Waals surface area contributed by atoms with Gasteiger partial charge in [-0.3, -0.25) is 10.1 Å². The van der Waals surface area contributed by atoms with Crippen molar-refractivity contribution in [3.8, 4) is 5.75 Å². The minimum absolute atomic E-state index is 0.108. The summed E-state index contributed by atoms with van der Waals surface area (Å²) in [5.41, 5.74) is 1.60. The SMILES string of the molecule is [C-]#[N+]c1ccc(OC[C@@H]2CN(c3ccc([N+](=O)[O-])c(C)c3)[C@@H](C)O2)cn1. The summed E-state index contributed by atoms with van der Waals surface area (Å²) in [5, 5.41) is 11.0. The van der Waals surface area contributed by atoms with Crippen LogP contribution >= 0.6 is 0 Å². The van der Waals surface area contributed by atoms with Gasteiger partial charge in [-0.1, -0.05) is 6.57 Å². The highest BCUT2D eigenvalue weighted by Gasteiger charge is 2.31. The van der Waals surface area contributed by atoms with Crippen molar-refractivity contribution in [3.63, 3.8) is 0 Å². The normalized spacial score (nSPS) is 19.2. The average molecular weight is 354 g/mol. The Kier molecular flexibility index (Phi) is 5.00. The van der Waals surface area contributed by atoms with Crippen LogP contribution in [0.1, 0.15) is 12.5 Å². The Morgan fingerprint density at radius 3 is 2.88 bits per heavy atom. The summed E-state index contributed by atoms with van der Waals surface area (Å²) in [6.07, 6.45) is 1.22. The number of nitro benzene ring substituents is 1. The van der Waals surface area contributed by atoms with Crippen LogP contribution in [-0.2, 0) is 4.74 Å². The Bertz CT molecular complexity index is 847. The van der Waals surface area contributed by atoms with Gasteiger partial charge in [0.1, 0.15) is 18.9 Å². The quantitative estimate of drug-likeness (QED) is 0.464. The molecule has 8 nitrogen and oxygen atoms in total. The van der Waals surface area contributed by atoms with E-state index in [1.165, 1.54) is 12.3 Å². The van der Waals surface area contributed by atoms with Gasteiger partial charge in [-0.15, -0.1) is 4.98 Å². The van der Waals surface area contributed by atoms with E-state index >= 15 is 0 Å². The van der Waals surface area contributed by atoms with Crippen molar-refractivity contribution >= 4 is 17.2 Å². The van der Waals surface area contributed by atoms with Crippen molar-refractivity contribution in [1.82, 2.24) is 4.98 Å². The van der Waals surface area contributed by atoms with E-state index in [0.29, 0.717) is 30.3 Å². The Morgan fingerprint density at radius 1 is 1.46 bits per heavy atom. The second-order valence-electron chi connectivity index (χ2n) is 6.01. The van der Waals surface area contributed by atoms with Gasteiger partial charge in [0.05, 0.1) is 11.5 Å². The van der Waals surface area contributed by atoms with Crippen LogP contribution in [0.4, 0.5) is 17.2 Å². The van der Waals surface area contributed by atoms with Gasteiger partial charge in [0.2, 0.25) is 0 Å². The first kappa shape index (κ1) is 17.6. The number of aromatic nitrogens is 1. The molecule has 26 heavy (non-hydrogen) atoms. The van der Waals surface area contributed by atoms with E-state index < -0.39 is 0 Å². The molecule has 2 heterocycles. The van der Waals surface area contributed by atoms with E-state index in [2.05, 4.69) is 9.83 Å². The summed E-state index contributed by atoms with van der Waals surface area (Å²) in [7, 11) is 0. The molecule has 1 fully saturated rings. The number of nitro groups is 1. The van der Waals surface area contributed by atoms with Gasteiger partial charge in [-0.05, 0) is 38.1 Å². The molecule has 1 aliphatic heterocycles. The number of aryl methyl sites for hydroxylation is 1. The Hall–Kier alpha value is -3.18. The first-order valence-electron chi connectivity index (χ1n) is 8.11. The van der Waals surface area contributed by atoms with Gasteiger partial charge in [0.25, 0.3) is 11.5 Å². The third kappa shape index (κ3) is 3.73. The van der Waals surface area contributed by atoms with Crippen LogP contribution < -0.4 is 9.64 Å². The van der Waals surface area contributed by atoms with Crippen molar-refractivity contribution in [2.24, 2.45) is 0 Å². The standard InChI is InChI=1S/C18H18N4O4/c1-12-8-14(4-6-17(12)22(23)24)21-10-16(26-13(21)2)11-25-15-5-7-18(19-3)20-9-15/h4-9,13,16H,10-11H2,1-2H3/t13-,16+/m1/s1. The van der Waals surface area contributed by atoms with E-state index in [4.69, 9.17) is 16.0 Å². The van der Waals surface area contributed by atoms with Crippen molar-refractivity contribution < 1.29 is 14.4 Å². The third-order valence-corrected chi connectivity index (χ3v) is 4.21. The van der Waals surface area contributed by atoms with Crippen molar-refractivity contribution in [2.75, 3.05) is 18.1 Å². The van der Waals surface area contributed by atoms with Gasteiger partial charge in [-0.2, -0.15) is 0 Å². The number of hydrogen-bond acceptors (Lipinski definition) is 6. The fourth-order valence-electron chi connectivity index (χ4n) is 2.91. The lowest BCUT2D eigenvalue weighted by Gasteiger charge is -2.22. The Labute approximate surface area is 150 Å². The fourth-order valence-corrected chi connectivity index (χ4v) is 2.91. The van der Waals surface area contributed by atoms with E-state index in [1.807, 2.05) is 11.8 Å². The molecule has 1 aliphatic rings. The van der Waals surface area contributed by atoms with E-state index in [0.717, 1.165) is 5.69 Å². The van der Waals surface area contributed by atoms with Gasteiger partial charge in [0.15, 0.2) is 11.9 Å². The molecule has 0 bridgehead atoms. The molecule has 3 rings (SSSR count). The number of benzene rings is 1. The molecule has 0 N–H and O–H groups in total. The number of nitrogens with zero attached hydrogens (tertiary/aromatic N) is 4. The summed E-state index contributed by atoms with van der Waals surface area (Å²) in [6.45, 7) is 11.5. The van der Waals surface area contributed by atoms with Crippen LogP contribution in [0.3, 0.4) is 0 Å². The monoisotopic (exact) mass is 354 g/mol. The number of hydrogen-bond donors (Lipinski definition) is 0. The predicted molar refractivity (Wildman–Crippen MR) is 95.5 cm³/mol. The lowest BCUT2D eigenvalue weighted by Crippen LogP contribution is -2.28. The minimum Gasteiger partial charge on any atom is -0.487 e. The Morgan fingerprint density at radius 2 is 2.27 bits per heavy atom. The molecule has 2 aromatic rings. The maximum atomic E-state index is 11.0. The van der Waals surface area contributed by atoms with Crippen LogP contribution in [0.2, 0.25) is 0 Å². The van der Waals surface area contributed by atoms with Crippen LogP contribution in [0.5, 0.6) is 5.75 Å². The molecule has 2 atom stereocenters. The summed E-state index contributed by atoms with van der Waals surface area (Å²) in [5.74, 6) is 0.904. The number of ether oxygens (including phenoxy) is 2. The third-order valence-electron chi connectivity index (χ3n) is 4.21. The molecular formula is C18H18N4O4. The molecule has 1 aromatic carbocycles. The minimum atomic E-state index is -0.382. The second kappa shape index (κ2) is 7.37. The number of anilines is 1.